The molecule has 0 amide bonds. The lowest BCUT2D eigenvalue weighted by atomic mass is 9.96. The predicted molar refractivity (Wildman–Crippen MR) is 68.7 cm³/mol. The SMILES string of the molecule is CCC(CC)C(C)Nc1nc(C)c(C)s1. The third kappa shape index (κ3) is 3.20. The van der Waals surface area contributed by atoms with Crippen LogP contribution in [0.3, 0.4) is 0 Å². The van der Waals surface area contributed by atoms with Crippen LogP contribution in [0, 0.1) is 19.8 Å². The largest absolute Gasteiger partial charge is 0.359 e. The lowest BCUT2D eigenvalue weighted by molar-refractivity contribution is 0.437. The van der Waals surface area contributed by atoms with E-state index in [1.54, 1.807) is 11.3 Å². The number of hydrogen-bond donors (Lipinski definition) is 1. The maximum atomic E-state index is 4.51. The molecule has 2 nitrogen and oxygen atoms in total. The van der Waals surface area contributed by atoms with Crippen LogP contribution in [0.15, 0.2) is 0 Å². The first-order chi connectivity index (χ1) is 7.08. The van der Waals surface area contributed by atoms with E-state index in [1.807, 2.05) is 0 Å². The van der Waals surface area contributed by atoms with Gasteiger partial charge in [0.1, 0.15) is 0 Å². The van der Waals surface area contributed by atoms with E-state index < -0.39 is 0 Å². The van der Waals surface area contributed by atoms with Crippen molar-refractivity contribution in [2.24, 2.45) is 5.92 Å². The molecule has 86 valence electrons. The quantitative estimate of drug-likeness (QED) is 0.821. The van der Waals surface area contributed by atoms with Gasteiger partial charge in [0.05, 0.1) is 5.69 Å². The molecule has 0 aliphatic rings. The Kier molecular flexibility index (Phi) is 4.58. The first-order valence-corrected chi connectivity index (χ1v) is 6.60. The number of thiazole rings is 1. The molecule has 1 heterocycles. The highest BCUT2D eigenvalue weighted by Crippen LogP contribution is 2.24. The highest BCUT2D eigenvalue weighted by molar-refractivity contribution is 7.15. The van der Waals surface area contributed by atoms with Crippen LogP contribution in [0.5, 0.6) is 0 Å². The molecule has 0 aromatic carbocycles. The van der Waals surface area contributed by atoms with E-state index in [9.17, 15) is 0 Å². The topological polar surface area (TPSA) is 24.9 Å². The summed E-state index contributed by atoms with van der Waals surface area (Å²) in [6.07, 6.45) is 2.46. The second kappa shape index (κ2) is 5.50. The van der Waals surface area contributed by atoms with E-state index >= 15 is 0 Å². The van der Waals surface area contributed by atoms with Gasteiger partial charge in [0, 0.05) is 10.9 Å². The Hall–Kier alpha value is -0.570. The fourth-order valence-electron chi connectivity index (χ4n) is 1.84. The fourth-order valence-corrected chi connectivity index (χ4v) is 2.75. The third-order valence-electron chi connectivity index (χ3n) is 3.14. The summed E-state index contributed by atoms with van der Waals surface area (Å²) >= 11 is 1.76. The molecular formula is C12H22N2S. The van der Waals surface area contributed by atoms with Gasteiger partial charge in [-0.3, -0.25) is 0 Å². The Balaban J connectivity index is 2.61. The molecule has 1 N–H and O–H groups in total. The Morgan fingerprint density at radius 3 is 2.27 bits per heavy atom. The van der Waals surface area contributed by atoms with Crippen molar-refractivity contribution in [3.8, 4) is 0 Å². The van der Waals surface area contributed by atoms with Crippen LogP contribution in [-0.4, -0.2) is 11.0 Å². The molecule has 3 heteroatoms. The zero-order chi connectivity index (χ0) is 11.4. The van der Waals surface area contributed by atoms with Gasteiger partial charge in [-0.05, 0) is 26.7 Å². The minimum absolute atomic E-state index is 0.518. The molecule has 0 radical (unpaired) electrons. The van der Waals surface area contributed by atoms with Crippen molar-refractivity contribution < 1.29 is 0 Å². The van der Waals surface area contributed by atoms with Crippen LogP contribution in [0.1, 0.15) is 44.2 Å². The van der Waals surface area contributed by atoms with Crippen molar-refractivity contribution >= 4 is 16.5 Å². The van der Waals surface area contributed by atoms with Crippen LogP contribution in [0.2, 0.25) is 0 Å². The van der Waals surface area contributed by atoms with Gasteiger partial charge in [-0.2, -0.15) is 0 Å². The van der Waals surface area contributed by atoms with E-state index in [1.165, 1.54) is 17.7 Å². The zero-order valence-corrected chi connectivity index (χ0v) is 11.2. The normalized spacial score (nSPS) is 13.2. The van der Waals surface area contributed by atoms with Crippen LogP contribution in [0.4, 0.5) is 5.13 Å². The molecule has 1 aromatic rings. The molecule has 1 rings (SSSR count). The molecule has 0 aliphatic heterocycles. The molecular weight excluding hydrogens is 204 g/mol. The van der Waals surface area contributed by atoms with E-state index in [4.69, 9.17) is 0 Å². The molecule has 0 bridgehead atoms. The first kappa shape index (κ1) is 12.5. The molecule has 1 atom stereocenters. The van der Waals surface area contributed by atoms with E-state index in [0.717, 1.165) is 16.7 Å². The predicted octanol–water partition coefficient (Wildman–Crippen LogP) is 4.00. The molecule has 1 aromatic heterocycles. The summed E-state index contributed by atoms with van der Waals surface area (Å²) in [5, 5.41) is 4.59. The number of aromatic nitrogens is 1. The van der Waals surface area contributed by atoms with Crippen LogP contribution < -0.4 is 5.32 Å². The van der Waals surface area contributed by atoms with Gasteiger partial charge < -0.3 is 5.32 Å². The Labute approximate surface area is 97.1 Å². The molecule has 0 saturated carbocycles. The summed E-state index contributed by atoms with van der Waals surface area (Å²) in [5.41, 5.74) is 1.15. The molecule has 0 fully saturated rings. The van der Waals surface area contributed by atoms with E-state index in [2.05, 4.69) is 44.9 Å². The third-order valence-corrected chi connectivity index (χ3v) is 4.14. The van der Waals surface area contributed by atoms with Gasteiger partial charge in [-0.1, -0.05) is 26.7 Å². The minimum Gasteiger partial charge on any atom is -0.359 e. The van der Waals surface area contributed by atoms with Crippen molar-refractivity contribution in [1.82, 2.24) is 4.98 Å². The van der Waals surface area contributed by atoms with Crippen LogP contribution in [0.25, 0.3) is 0 Å². The lowest BCUT2D eigenvalue weighted by Crippen LogP contribution is -2.24. The van der Waals surface area contributed by atoms with Gasteiger partial charge in [-0.25, -0.2) is 4.98 Å². The van der Waals surface area contributed by atoms with Crippen molar-refractivity contribution in [1.29, 1.82) is 0 Å². The average Bonchev–Trinajstić information content (AvgIpc) is 2.47. The summed E-state index contributed by atoms with van der Waals surface area (Å²) < 4.78 is 0. The summed E-state index contributed by atoms with van der Waals surface area (Å²) in [7, 11) is 0. The van der Waals surface area contributed by atoms with Crippen molar-refractivity contribution in [3.05, 3.63) is 10.6 Å². The van der Waals surface area contributed by atoms with E-state index in [-0.39, 0.29) is 0 Å². The van der Waals surface area contributed by atoms with Gasteiger partial charge >= 0.3 is 0 Å². The van der Waals surface area contributed by atoms with Crippen molar-refractivity contribution in [2.45, 2.75) is 53.5 Å². The molecule has 0 spiro atoms. The van der Waals surface area contributed by atoms with Gasteiger partial charge in [0.25, 0.3) is 0 Å². The number of anilines is 1. The van der Waals surface area contributed by atoms with Gasteiger partial charge in [0.15, 0.2) is 5.13 Å². The number of nitrogens with one attached hydrogen (secondary N) is 1. The maximum absolute atomic E-state index is 4.51. The fraction of sp³-hybridized carbons (Fsp3) is 0.750. The van der Waals surface area contributed by atoms with E-state index in [0.29, 0.717) is 6.04 Å². The van der Waals surface area contributed by atoms with Gasteiger partial charge in [0.2, 0.25) is 0 Å². The highest BCUT2D eigenvalue weighted by Gasteiger charge is 2.14. The van der Waals surface area contributed by atoms with Crippen molar-refractivity contribution in [2.75, 3.05) is 5.32 Å². The molecule has 0 aliphatic carbocycles. The summed E-state index contributed by atoms with van der Waals surface area (Å²) in [6, 6.07) is 0.518. The second-order valence-electron chi connectivity index (χ2n) is 4.17. The number of aryl methyl sites for hydroxylation is 2. The summed E-state index contributed by atoms with van der Waals surface area (Å²) in [5.74, 6) is 0.745. The Morgan fingerprint density at radius 1 is 1.27 bits per heavy atom. The Morgan fingerprint density at radius 2 is 1.87 bits per heavy atom. The van der Waals surface area contributed by atoms with Crippen LogP contribution in [-0.2, 0) is 0 Å². The van der Waals surface area contributed by atoms with Crippen molar-refractivity contribution in [3.63, 3.8) is 0 Å². The average molecular weight is 226 g/mol. The molecule has 15 heavy (non-hydrogen) atoms. The first-order valence-electron chi connectivity index (χ1n) is 5.79. The molecule has 1 unspecified atom stereocenters. The smallest absolute Gasteiger partial charge is 0.183 e. The number of rotatable bonds is 5. The van der Waals surface area contributed by atoms with Crippen LogP contribution >= 0.6 is 11.3 Å². The lowest BCUT2D eigenvalue weighted by Gasteiger charge is -2.21. The maximum Gasteiger partial charge on any atom is 0.183 e. The minimum atomic E-state index is 0.518. The molecule has 0 saturated heterocycles. The second-order valence-corrected chi connectivity index (χ2v) is 5.37. The zero-order valence-electron chi connectivity index (χ0n) is 10.4. The summed E-state index contributed by atoms with van der Waals surface area (Å²) in [6.45, 7) is 11.0. The number of nitrogens with zero attached hydrogens (tertiary/aromatic N) is 1. The number of hydrogen-bond acceptors (Lipinski definition) is 3. The Bertz CT molecular complexity index is 283. The summed E-state index contributed by atoms with van der Waals surface area (Å²) in [4.78, 5) is 5.82. The highest BCUT2D eigenvalue weighted by atomic mass is 32.1. The standard InChI is InChI=1S/C12H22N2S/c1-6-11(7-2)9(4)14-12-13-8(3)10(5)15-12/h9,11H,6-7H2,1-5H3,(H,13,14). The monoisotopic (exact) mass is 226 g/mol. The van der Waals surface area contributed by atoms with Gasteiger partial charge in [-0.15, -0.1) is 11.3 Å².